The summed E-state index contributed by atoms with van der Waals surface area (Å²) in [5.74, 6) is -0.245. The number of aryl methyl sites for hydroxylation is 2. The molecule has 4 rings (SSSR count). The maximum atomic E-state index is 9.59. The highest BCUT2D eigenvalue weighted by Crippen LogP contribution is 2.55. The van der Waals surface area contributed by atoms with Gasteiger partial charge in [0.15, 0.2) is 0 Å². The first kappa shape index (κ1) is 33.6. The maximum absolute atomic E-state index is 9.59. The summed E-state index contributed by atoms with van der Waals surface area (Å²) in [5.41, 5.74) is 11.8. The maximum Gasteiger partial charge on any atom is 0.302 e. The van der Waals surface area contributed by atoms with E-state index in [4.69, 9.17) is 0 Å². The molecular weight excluding hydrogens is 512 g/mol. The average molecular weight is 569 g/mol. The summed E-state index contributed by atoms with van der Waals surface area (Å²) in [6, 6.07) is 23.7. The van der Waals surface area contributed by atoms with E-state index in [0.717, 1.165) is 0 Å². The number of rotatable bonds is 15. The summed E-state index contributed by atoms with van der Waals surface area (Å²) in [7, 11) is 1.35. The summed E-state index contributed by atoms with van der Waals surface area (Å²) in [5, 5.41) is 0. The van der Waals surface area contributed by atoms with Crippen LogP contribution in [0.3, 0.4) is 0 Å². The molecule has 42 heavy (non-hydrogen) atoms. The molecule has 0 radical (unpaired) electrons. The fraction of sp³-hybridized carbons (Fsp3) is 0.525. The Morgan fingerprint density at radius 3 is 1.55 bits per heavy atom. The van der Waals surface area contributed by atoms with Gasteiger partial charge in [0.25, 0.3) is 0 Å². The van der Waals surface area contributed by atoms with Crippen LogP contribution in [0.25, 0.3) is 22.3 Å². The molecule has 1 aliphatic rings. The number of esters is 1. The number of benzene rings is 3. The van der Waals surface area contributed by atoms with E-state index in [0.29, 0.717) is 0 Å². The van der Waals surface area contributed by atoms with Crippen molar-refractivity contribution in [1.82, 2.24) is 0 Å². The van der Waals surface area contributed by atoms with Crippen molar-refractivity contribution in [2.24, 2.45) is 0 Å². The lowest BCUT2D eigenvalue weighted by Crippen LogP contribution is -2.25. The van der Waals surface area contributed by atoms with Gasteiger partial charge >= 0.3 is 5.97 Å². The smallest absolute Gasteiger partial charge is 0.302 e. The van der Waals surface area contributed by atoms with Gasteiger partial charge in [0.1, 0.15) is 0 Å². The van der Waals surface area contributed by atoms with Gasteiger partial charge in [0, 0.05) is 12.3 Å². The highest BCUT2D eigenvalue weighted by atomic mass is 16.5. The van der Waals surface area contributed by atoms with Gasteiger partial charge in [-0.25, -0.2) is 0 Å². The Hall–Kier alpha value is -2.87. The number of carbonyl (C=O) groups is 1. The number of ether oxygens (including phenoxy) is 1. The molecule has 0 amide bonds. The Morgan fingerprint density at radius 1 is 0.595 bits per heavy atom. The Labute approximate surface area is 257 Å². The van der Waals surface area contributed by atoms with Gasteiger partial charge in [-0.1, -0.05) is 157 Å². The standard InChI is InChI=1S/C37H50.C3H6O2/c1-5-7-9-11-13-15-25-37(26-16-14-12-10-8-6-2)35-27-30(4)19-23-33(35)34-24-22-32(28-36(34)37)31-20-17-29(3)18-21-31;1-3(4)5-2/h17-24,27-28H,5-16,25-26H2,1-4H3;1-2H3. The number of methoxy groups -OCH3 is 1. The van der Waals surface area contributed by atoms with Crippen LogP contribution in [0.5, 0.6) is 0 Å². The van der Waals surface area contributed by atoms with Gasteiger partial charge in [-0.15, -0.1) is 0 Å². The zero-order valence-corrected chi connectivity index (χ0v) is 27.5. The van der Waals surface area contributed by atoms with Crippen molar-refractivity contribution >= 4 is 5.97 Å². The Balaban J connectivity index is 0.000000892. The number of fused-ring (bicyclic) bond motifs is 3. The first-order valence-electron chi connectivity index (χ1n) is 16.7. The molecule has 0 unspecified atom stereocenters. The molecule has 0 aliphatic heterocycles. The fourth-order valence-corrected chi connectivity index (χ4v) is 6.61. The predicted molar refractivity (Wildman–Crippen MR) is 181 cm³/mol. The molecule has 0 spiro atoms. The summed E-state index contributed by atoms with van der Waals surface area (Å²) in [6.07, 6.45) is 18.9. The molecule has 2 heteroatoms. The highest BCUT2D eigenvalue weighted by Gasteiger charge is 2.42. The number of unbranched alkanes of at least 4 members (excludes halogenated alkanes) is 10. The van der Waals surface area contributed by atoms with E-state index >= 15 is 0 Å². The fourth-order valence-electron chi connectivity index (χ4n) is 6.61. The van der Waals surface area contributed by atoms with Crippen molar-refractivity contribution in [3.8, 4) is 22.3 Å². The van der Waals surface area contributed by atoms with Crippen molar-refractivity contribution in [3.05, 3.63) is 82.9 Å². The van der Waals surface area contributed by atoms with Crippen LogP contribution in [0.15, 0.2) is 60.7 Å². The second-order valence-corrected chi connectivity index (χ2v) is 12.5. The molecule has 2 nitrogen and oxygen atoms in total. The minimum absolute atomic E-state index is 0.160. The van der Waals surface area contributed by atoms with Gasteiger partial charge in [-0.2, -0.15) is 0 Å². The third kappa shape index (κ3) is 9.06. The van der Waals surface area contributed by atoms with Crippen molar-refractivity contribution in [2.75, 3.05) is 7.11 Å². The van der Waals surface area contributed by atoms with Crippen LogP contribution >= 0.6 is 0 Å². The average Bonchev–Trinajstić information content (AvgIpc) is 3.25. The molecule has 0 N–H and O–H groups in total. The second-order valence-electron chi connectivity index (χ2n) is 12.5. The first-order valence-corrected chi connectivity index (χ1v) is 16.7. The van der Waals surface area contributed by atoms with Crippen LogP contribution in [-0.4, -0.2) is 13.1 Å². The Morgan fingerprint density at radius 2 is 1.02 bits per heavy atom. The van der Waals surface area contributed by atoms with Crippen LogP contribution in [0.4, 0.5) is 0 Å². The molecule has 0 saturated heterocycles. The van der Waals surface area contributed by atoms with Gasteiger partial charge in [0.05, 0.1) is 7.11 Å². The zero-order chi connectivity index (χ0) is 30.4. The van der Waals surface area contributed by atoms with Crippen LogP contribution in [0.2, 0.25) is 0 Å². The topological polar surface area (TPSA) is 26.3 Å². The van der Waals surface area contributed by atoms with E-state index in [1.54, 1.807) is 11.1 Å². The molecule has 0 aromatic heterocycles. The SMILES string of the molecule is CCCCCCCCC1(CCCCCCCC)c2cc(C)ccc2-c2ccc(-c3ccc(C)cc3)cc21.COC(C)=O. The third-order valence-corrected chi connectivity index (χ3v) is 9.10. The molecule has 0 atom stereocenters. The Bertz CT molecular complexity index is 1220. The van der Waals surface area contributed by atoms with E-state index in [1.807, 2.05) is 0 Å². The molecule has 228 valence electrons. The lowest BCUT2D eigenvalue weighted by Gasteiger charge is -2.33. The van der Waals surface area contributed by atoms with E-state index in [9.17, 15) is 4.79 Å². The van der Waals surface area contributed by atoms with E-state index in [-0.39, 0.29) is 11.4 Å². The highest BCUT2D eigenvalue weighted by molar-refractivity contribution is 5.84. The summed E-state index contributed by atoms with van der Waals surface area (Å²) in [6.45, 7) is 10.4. The van der Waals surface area contributed by atoms with Crippen LogP contribution < -0.4 is 0 Å². The van der Waals surface area contributed by atoms with Gasteiger partial charge in [0.2, 0.25) is 0 Å². The van der Waals surface area contributed by atoms with Crippen LogP contribution in [0, 0.1) is 13.8 Å². The summed E-state index contributed by atoms with van der Waals surface area (Å²) >= 11 is 0. The van der Waals surface area contributed by atoms with E-state index in [1.165, 1.54) is 137 Å². The van der Waals surface area contributed by atoms with Crippen molar-refractivity contribution < 1.29 is 9.53 Å². The normalized spacial score (nSPS) is 12.7. The molecule has 3 aromatic carbocycles. The monoisotopic (exact) mass is 568 g/mol. The number of hydrogen-bond donors (Lipinski definition) is 0. The number of carbonyl (C=O) groups excluding carboxylic acids is 1. The zero-order valence-electron chi connectivity index (χ0n) is 27.5. The Kier molecular flexibility index (Phi) is 13.8. The molecule has 0 fully saturated rings. The molecule has 0 saturated carbocycles. The van der Waals surface area contributed by atoms with E-state index in [2.05, 4.69) is 93.1 Å². The number of hydrogen-bond acceptors (Lipinski definition) is 2. The van der Waals surface area contributed by atoms with Crippen molar-refractivity contribution in [3.63, 3.8) is 0 Å². The van der Waals surface area contributed by atoms with Crippen molar-refractivity contribution in [1.29, 1.82) is 0 Å². The quantitative estimate of drug-likeness (QED) is 0.135. The molecule has 0 bridgehead atoms. The van der Waals surface area contributed by atoms with Crippen molar-refractivity contribution in [2.45, 2.75) is 130 Å². The second kappa shape index (κ2) is 17.3. The summed E-state index contributed by atoms with van der Waals surface area (Å²) in [4.78, 5) is 9.59. The molecule has 0 heterocycles. The van der Waals surface area contributed by atoms with E-state index < -0.39 is 0 Å². The third-order valence-electron chi connectivity index (χ3n) is 9.10. The van der Waals surface area contributed by atoms with Crippen LogP contribution in [0.1, 0.15) is 133 Å². The lowest BCUT2D eigenvalue weighted by molar-refractivity contribution is -0.137. The minimum Gasteiger partial charge on any atom is -0.469 e. The lowest BCUT2D eigenvalue weighted by atomic mass is 9.70. The van der Waals surface area contributed by atoms with Crippen LogP contribution in [-0.2, 0) is 14.9 Å². The first-order chi connectivity index (χ1) is 20.4. The minimum atomic E-state index is -0.245. The van der Waals surface area contributed by atoms with Gasteiger partial charge in [-0.3, -0.25) is 4.79 Å². The van der Waals surface area contributed by atoms with Gasteiger partial charge in [-0.05, 0) is 66.1 Å². The molecule has 3 aromatic rings. The predicted octanol–water partition coefficient (Wildman–Crippen LogP) is 11.9. The molecular formula is C40H56O2. The molecule has 1 aliphatic carbocycles. The summed E-state index contributed by atoms with van der Waals surface area (Å²) < 4.78 is 4.11. The largest absolute Gasteiger partial charge is 0.469 e. The van der Waals surface area contributed by atoms with Gasteiger partial charge < -0.3 is 4.74 Å².